The molecule has 11 rings (SSSR count). The van der Waals surface area contributed by atoms with Crippen LogP contribution in [0.2, 0.25) is 0 Å². The Morgan fingerprint density at radius 3 is 1.81 bits per heavy atom. The van der Waals surface area contributed by atoms with Crippen LogP contribution in [0.3, 0.4) is 0 Å². The van der Waals surface area contributed by atoms with Gasteiger partial charge in [-0.3, -0.25) is 4.57 Å². The van der Waals surface area contributed by atoms with Gasteiger partial charge in [0.2, 0.25) is 11.4 Å². The maximum absolute atomic E-state index is 15.3. The summed E-state index contributed by atoms with van der Waals surface area (Å²) in [5.41, 5.74) is 15.3. The van der Waals surface area contributed by atoms with E-state index in [-0.39, 0.29) is 23.2 Å². The Bertz CT molecular complexity index is 3870. The number of para-hydroxylation sites is 4. The van der Waals surface area contributed by atoms with Gasteiger partial charge in [0.1, 0.15) is 29.0 Å². The van der Waals surface area contributed by atoms with Crippen molar-refractivity contribution in [3.8, 4) is 50.7 Å². The van der Waals surface area contributed by atoms with Crippen LogP contribution in [0.25, 0.3) is 61.0 Å². The average molecular weight is 975 g/mol. The summed E-state index contributed by atoms with van der Waals surface area (Å²) in [7, 11) is 0. The molecule has 8 aromatic carbocycles. The number of halogens is 2. The molecule has 0 saturated heterocycles. The van der Waals surface area contributed by atoms with Gasteiger partial charge in [0.15, 0.2) is 0 Å². The summed E-state index contributed by atoms with van der Waals surface area (Å²) in [4.78, 5) is 4.93. The summed E-state index contributed by atoms with van der Waals surface area (Å²) in [5.74, 6) is 1.68. The molecule has 0 N–H and O–H groups in total. The van der Waals surface area contributed by atoms with Gasteiger partial charge in [0.05, 0.1) is 28.2 Å². The zero-order valence-corrected chi connectivity index (χ0v) is 43.5. The summed E-state index contributed by atoms with van der Waals surface area (Å²) in [6.45, 7) is 19.9. The Morgan fingerprint density at radius 1 is 0.514 bits per heavy atom. The molecule has 10 aromatic rings. The van der Waals surface area contributed by atoms with E-state index in [9.17, 15) is 0 Å². The number of nitrogens with zero attached hydrogens (tertiary/aromatic N) is 4. The standard InChI is InChI=1S/C67H60F2N4O/c1-41(2)44-29-45(42(3)4)31-46(30-44)57-20-16-21-58(47-32-50(68)37-51(69)33-47)66(57)72-40-71(62-23-14-15-24-63(62)72)52-34-48(56-18-11-10-17-55(56)43(5)6)35-54(38-52)74-53-25-26-60-59-19-12-13-22-61(59)73(64(60)39-53)65-36-49(27-28-70-65)67(7,8)9/h10-39,41-43H,1-9H3/q+2. The van der Waals surface area contributed by atoms with Gasteiger partial charge < -0.3 is 4.74 Å². The van der Waals surface area contributed by atoms with E-state index < -0.39 is 11.6 Å². The van der Waals surface area contributed by atoms with Crippen molar-refractivity contribution in [1.82, 2.24) is 18.7 Å². The monoisotopic (exact) mass is 974 g/mol. The second-order valence-electron chi connectivity index (χ2n) is 21.6. The van der Waals surface area contributed by atoms with E-state index in [1.54, 1.807) is 0 Å². The first kappa shape index (κ1) is 48.0. The minimum absolute atomic E-state index is 0.0628. The minimum Gasteiger partial charge on any atom is -0.457 e. The van der Waals surface area contributed by atoms with Crippen LogP contribution in [0.5, 0.6) is 11.5 Å². The fraction of sp³-hybridized carbons (Fsp3) is 0.194. The second kappa shape index (κ2) is 19.0. The smallest absolute Gasteiger partial charge is 0.457 e. The van der Waals surface area contributed by atoms with Crippen molar-refractivity contribution >= 4 is 50.6 Å². The molecule has 7 heteroatoms. The molecule has 0 radical (unpaired) electrons. The molecule has 0 saturated carbocycles. The summed E-state index contributed by atoms with van der Waals surface area (Å²) in [5, 5.41) is 2.24. The largest absolute Gasteiger partial charge is 0.503 e. The third-order valence-electron chi connectivity index (χ3n) is 14.4. The molecule has 0 unspecified atom stereocenters. The molecule has 1 aliphatic rings. The maximum atomic E-state index is 15.3. The zero-order valence-electron chi connectivity index (χ0n) is 43.5. The third-order valence-corrected chi connectivity index (χ3v) is 14.4. The second-order valence-corrected chi connectivity index (χ2v) is 21.6. The first-order valence-electron chi connectivity index (χ1n) is 25.7. The van der Waals surface area contributed by atoms with Crippen molar-refractivity contribution in [3.63, 3.8) is 0 Å². The highest BCUT2D eigenvalue weighted by atomic mass is 19.1. The van der Waals surface area contributed by atoms with Gasteiger partial charge in [-0.05, 0) is 137 Å². The van der Waals surface area contributed by atoms with E-state index in [1.807, 2.05) is 36.5 Å². The SMILES string of the molecule is CC(C)c1cc(-c2cccc(-c3cc(F)cc(F)c3)c2[N+]2=C=[N+](c3cc(Oc4ccc5c6ccccc6n(-c6cc(C(C)(C)C)ccn6)c5c4)cc(-c4ccccc4C(C)C)c3)c3ccccc32)cc(C(C)C)c1. The van der Waals surface area contributed by atoms with Gasteiger partial charge in [0.25, 0.3) is 11.4 Å². The molecule has 2 aromatic heterocycles. The van der Waals surface area contributed by atoms with E-state index in [1.165, 1.54) is 34.4 Å². The molecule has 1 aliphatic heterocycles. The number of fused-ring (bicyclic) bond motifs is 4. The van der Waals surface area contributed by atoms with Crippen molar-refractivity contribution < 1.29 is 13.5 Å². The Hall–Kier alpha value is -8.25. The normalized spacial score (nSPS) is 12.6. The van der Waals surface area contributed by atoms with Crippen LogP contribution in [-0.4, -0.2) is 15.6 Å². The van der Waals surface area contributed by atoms with Crippen molar-refractivity contribution in [2.24, 2.45) is 0 Å². The van der Waals surface area contributed by atoms with Crippen LogP contribution in [0.15, 0.2) is 182 Å². The Kier molecular flexibility index (Phi) is 12.3. The molecule has 3 heterocycles. The van der Waals surface area contributed by atoms with E-state index in [2.05, 4.69) is 209 Å². The average Bonchev–Trinajstić information content (AvgIpc) is 3.94. The number of hydrogen-bond donors (Lipinski definition) is 0. The van der Waals surface area contributed by atoms with Gasteiger partial charge in [-0.1, -0.05) is 141 Å². The summed E-state index contributed by atoms with van der Waals surface area (Å²) >= 11 is 0. The van der Waals surface area contributed by atoms with E-state index in [0.29, 0.717) is 22.6 Å². The third kappa shape index (κ3) is 8.92. The highest BCUT2D eigenvalue weighted by Crippen LogP contribution is 2.47. The van der Waals surface area contributed by atoms with Crippen LogP contribution in [0.4, 0.5) is 31.5 Å². The predicted octanol–water partition coefficient (Wildman–Crippen LogP) is 18.8. The van der Waals surface area contributed by atoms with Gasteiger partial charge in [-0.25, -0.2) is 13.8 Å². The molecule has 74 heavy (non-hydrogen) atoms. The number of aromatic nitrogens is 2. The van der Waals surface area contributed by atoms with Crippen molar-refractivity contribution in [2.45, 2.75) is 85.5 Å². The van der Waals surface area contributed by atoms with Crippen LogP contribution in [-0.2, 0) is 5.41 Å². The minimum atomic E-state index is -0.644. The molecule has 5 nitrogen and oxygen atoms in total. The molecular weight excluding hydrogens is 915 g/mol. The first-order valence-corrected chi connectivity index (χ1v) is 25.7. The van der Waals surface area contributed by atoms with Crippen molar-refractivity contribution in [3.05, 3.63) is 216 Å². The lowest BCUT2D eigenvalue weighted by Gasteiger charge is -2.20. The van der Waals surface area contributed by atoms with Gasteiger partial charge in [-0.2, -0.15) is 0 Å². The Balaban J connectivity index is 1.15. The molecule has 0 fully saturated rings. The molecule has 0 spiro atoms. The quantitative estimate of drug-likeness (QED) is 0.121. The molecular formula is C67H60F2N4O+2. The number of benzene rings is 8. The fourth-order valence-corrected chi connectivity index (χ4v) is 10.5. The Morgan fingerprint density at radius 2 is 1.12 bits per heavy atom. The number of rotatable bonds is 11. The molecule has 366 valence electrons. The van der Waals surface area contributed by atoms with E-state index in [4.69, 9.17) is 9.72 Å². The van der Waals surface area contributed by atoms with E-state index in [0.717, 1.165) is 78.7 Å². The van der Waals surface area contributed by atoms with Crippen LogP contribution in [0, 0.1) is 11.6 Å². The number of pyridine rings is 1. The fourth-order valence-electron chi connectivity index (χ4n) is 10.5. The van der Waals surface area contributed by atoms with E-state index >= 15 is 8.78 Å². The summed E-state index contributed by atoms with van der Waals surface area (Å²) in [6, 6.07) is 62.6. The van der Waals surface area contributed by atoms with Crippen LogP contribution in [0.1, 0.15) is 102 Å². The number of hydrogen-bond acceptors (Lipinski definition) is 2. The zero-order chi connectivity index (χ0) is 51.6. The highest BCUT2D eigenvalue weighted by molar-refractivity contribution is 6.09. The maximum Gasteiger partial charge on any atom is 0.503 e. The summed E-state index contributed by atoms with van der Waals surface area (Å²) < 4.78 is 44.0. The lowest BCUT2D eigenvalue weighted by Crippen LogP contribution is -2.12. The number of ether oxygens (including phenoxy) is 1. The van der Waals surface area contributed by atoms with Crippen LogP contribution >= 0.6 is 0 Å². The predicted molar refractivity (Wildman–Crippen MR) is 303 cm³/mol. The first-order chi connectivity index (χ1) is 35.6. The summed E-state index contributed by atoms with van der Waals surface area (Å²) in [6.07, 6.45) is 1.90. The Labute approximate surface area is 433 Å². The van der Waals surface area contributed by atoms with Gasteiger partial charge >= 0.3 is 6.01 Å². The highest BCUT2D eigenvalue weighted by Gasteiger charge is 2.40. The lowest BCUT2D eigenvalue weighted by molar-refractivity contribution is 0.483. The van der Waals surface area contributed by atoms with Crippen molar-refractivity contribution in [1.29, 1.82) is 0 Å². The van der Waals surface area contributed by atoms with Crippen molar-refractivity contribution in [2.75, 3.05) is 0 Å². The molecule has 0 bridgehead atoms. The topological polar surface area (TPSA) is 33.1 Å². The van der Waals surface area contributed by atoms with Gasteiger partial charge in [0, 0.05) is 47.3 Å². The lowest BCUT2D eigenvalue weighted by atomic mass is 9.88. The molecule has 0 atom stereocenters. The molecule has 0 aliphatic carbocycles. The van der Waals surface area contributed by atoms with Gasteiger partial charge in [-0.15, -0.1) is 0 Å². The molecule has 0 amide bonds. The van der Waals surface area contributed by atoms with Crippen LogP contribution < -0.4 is 13.9 Å².